The lowest BCUT2D eigenvalue weighted by Gasteiger charge is -2.09. The highest BCUT2D eigenvalue weighted by atomic mass is 16.5. The van der Waals surface area contributed by atoms with Crippen LogP contribution < -0.4 is 14.9 Å². The Kier molecular flexibility index (Phi) is 5.57. The van der Waals surface area contributed by atoms with E-state index < -0.39 is 0 Å². The zero-order valence-corrected chi connectivity index (χ0v) is 14.5. The van der Waals surface area contributed by atoms with Gasteiger partial charge in [-0.05, 0) is 37.1 Å². The Morgan fingerprint density at radius 2 is 1.92 bits per heavy atom. The van der Waals surface area contributed by atoms with Crippen LogP contribution in [0.1, 0.15) is 48.4 Å². The molecule has 0 saturated heterocycles. The van der Waals surface area contributed by atoms with Crippen molar-refractivity contribution >= 4 is 11.6 Å². The minimum atomic E-state index is -0.363. The van der Waals surface area contributed by atoms with Gasteiger partial charge in [0, 0.05) is 11.3 Å². The molecule has 0 aliphatic carbocycles. The summed E-state index contributed by atoms with van der Waals surface area (Å²) in [6.45, 7) is 5.84. The summed E-state index contributed by atoms with van der Waals surface area (Å²) in [5, 5.41) is 11.0. The lowest BCUT2D eigenvalue weighted by molar-refractivity contribution is 0.0950. The lowest BCUT2D eigenvalue weighted by atomic mass is 10.1. The number of aromatic amines is 1. The SMILES string of the molecule is COc1ccc(/C(C)=N\NC(=O)c2cc(C(C)C)[nH]n2)cc1OC. The van der Waals surface area contributed by atoms with Crippen molar-refractivity contribution in [2.45, 2.75) is 26.7 Å². The molecular formula is C17H22N4O3. The van der Waals surface area contributed by atoms with Crippen molar-refractivity contribution in [2.24, 2.45) is 5.10 Å². The fourth-order valence-corrected chi connectivity index (χ4v) is 2.07. The molecule has 2 N–H and O–H groups in total. The summed E-state index contributed by atoms with van der Waals surface area (Å²) in [5.41, 5.74) is 5.18. The minimum Gasteiger partial charge on any atom is -0.493 e. The molecule has 0 aliphatic heterocycles. The third-order valence-corrected chi connectivity index (χ3v) is 3.58. The van der Waals surface area contributed by atoms with E-state index in [1.54, 1.807) is 39.3 Å². The first-order valence-electron chi connectivity index (χ1n) is 7.58. The molecular weight excluding hydrogens is 308 g/mol. The van der Waals surface area contributed by atoms with Crippen LogP contribution in [0.15, 0.2) is 29.4 Å². The quantitative estimate of drug-likeness (QED) is 0.629. The molecule has 0 spiro atoms. The second-order valence-corrected chi connectivity index (χ2v) is 5.57. The monoisotopic (exact) mass is 330 g/mol. The summed E-state index contributed by atoms with van der Waals surface area (Å²) < 4.78 is 10.5. The number of hydrogen-bond acceptors (Lipinski definition) is 5. The number of nitrogens with zero attached hydrogens (tertiary/aromatic N) is 2. The van der Waals surface area contributed by atoms with Crippen LogP contribution in [-0.4, -0.2) is 36.0 Å². The number of ether oxygens (including phenoxy) is 2. The van der Waals surface area contributed by atoms with E-state index in [9.17, 15) is 4.79 Å². The van der Waals surface area contributed by atoms with Crippen molar-refractivity contribution in [1.82, 2.24) is 15.6 Å². The Bertz CT molecular complexity index is 750. The molecule has 1 aromatic carbocycles. The van der Waals surface area contributed by atoms with E-state index in [4.69, 9.17) is 9.47 Å². The number of aromatic nitrogens is 2. The molecule has 0 fully saturated rings. The molecule has 2 rings (SSSR count). The molecule has 0 saturated carbocycles. The summed E-state index contributed by atoms with van der Waals surface area (Å²) in [6, 6.07) is 7.16. The van der Waals surface area contributed by atoms with E-state index in [-0.39, 0.29) is 11.8 Å². The summed E-state index contributed by atoms with van der Waals surface area (Å²) in [6.07, 6.45) is 0. The van der Waals surface area contributed by atoms with Crippen LogP contribution in [0.2, 0.25) is 0 Å². The van der Waals surface area contributed by atoms with Gasteiger partial charge in [-0.25, -0.2) is 5.43 Å². The van der Waals surface area contributed by atoms with E-state index in [0.29, 0.717) is 22.9 Å². The number of nitrogens with one attached hydrogen (secondary N) is 2. The predicted molar refractivity (Wildman–Crippen MR) is 91.9 cm³/mol. The number of carbonyl (C=O) groups excluding carboxylic acids is 1. The van der Waals surface area contributed by atoms with E-state index in [2.05, 4.69) is 20.7 Å². The van der Waals surface area contributed by atoms with Crippen LogP contribution in [-0.2, 0) is 0 Å². The van der Waals surface area contributed by atoms with Gasteiger partial charge in [-0.1, -0.05) is 13.8 Å². The molecule has 0 atom stereocenters. The lowest BCUT2D eigenvalue weighted by Crippen LogP contribution is -2.19. The normalized spacial score (nSPS) is 11.5. The summed E-state index contributed by atoms with van der Waals surface area (Å²) in [7, 11) is 3.15. The maximum absolute atomic E-state index is 12.1. The maximum atomic E-state index is 12.1. The molecule has 0 unspecified atom stereocenters. The number of methoxy groups -OCH3 is 2. The highest BCUT2D eigenvalue weighted by molar-refractivity contribution is 6.00. The van der Waals surface area contributed by atoms with E-state index in [0.717, 1.165) is 11.3 Å². The minimum absolute atomic E-state index is 0.274. The summed E-state index contributed by atoms with van der Waals surface area (Å²) in [5.74, 6) is 1.15. The van der Waals surface area contributed by atoms with Crippen molar-refractivity contribution in [2.75, 3.05) is 14.2 Å². The van der Waals surface area contributed by atoms with Gasteiger partial charge in [0.1, 0.15) is 0 Å². The van der Waals surface area contributed by atoms with Crippen molar-refractivity contribution in [3.63, 3.8) is 0 Å². The average Bonchev–Trinajstić information content (AvgIpc) is 3.09. The number of benzene rings is 1. The number of rotatable bonds is 6. The topological polar surface area (TPSA) is 88.6 Å². The van der Waals surface area contributed by atoms with Gasteiger partial charge in [0.25, 0.3) is 5.91 Å². The largest absolute Gasteiger partial charge is 0.493 e. The van der Waals surface area contributed by atoms with Gasteiger partial charge in [-0.15, -0.1) is 0 Å². The third kappa shape index (κ3) is 3.92. The second kappa shape index (κ2) is 7.63. The maximum Gasteiger partial charge on any atom is 0.291 e. The standard InChI is InChI=1S/C17H22N4O3/c1-10(2)13-9-14(20-19-13)17(22)21-18-11(3)12-6-7-15(23-4)16(8-12)24-5/h6-10H,1-5H3,(H,19,20)(H,21,22)/b18-11-. The van der Waals surface area contributed by atoms with E-state index in [1.165, 1.54) is 0 Å². The van der Waals surface area contributed by atoms with Crippen molar-refractivity contribution in [3.05, 3.63) is 41.2 Å². The van der Waals surface area contributed by atoms with Gasteiger partial charge in [-0.3, -0.25) is 9.89 Å². The molecule has 1 heterocycles. The Morgan fingerprint density at radius 1 is 1.21 bits per heavy atom. The highest BCUT2D eigenvalue weighted by Crippen LogP contribution is 2.27. The zero-order valence-electron chi connectivity index (χ0n) is 14.5. The van der Waals surface area contributed by atoms with Gasteiger partial charge < -0.3 is 9.47 Å². The van der Waals surface area contributed by atoms with Crippen LogP contribution >= 0.6 is 0 Å². The fourth-order valence-electron chi connectivity index (χ4n) is 2.07. The van der Waals surface area contributed by atoms with Crippen molar-refractivity contribution < 1.29 is 14.3 Å². The van der Waals surface area contributed by atoms with E-state index >= 15 is 0 Å². The van der Waals surface area contributed by atoms with Gasteiger partial charge in [-0.2, -0.15) is 10.2 Å². The number of carbonyl (C=O) groups is 1. The Hall–Kier alpha value is -2.83. The van der Waals surface area contributed by atoms with Crippen LogP contribution in [0, 0.1) is 0 Å². The molecule has 24 heavy (non-hydrogen) atoms. The van der Waals surface area contributed by atoms with Crippen LogP contribution in [0.4, 0.5) is 0 Å². The fraction of sp³-hybridized carbons (Fsp3) is 0.353. The number of H-pyrrole nitrogens is 1. The van der Waals surface area contributed by atoms with Crippen molar-refractivity contribution in [3.8, 4) is 11.5 Å². The molecule has 7 nitrogen and oxygen atoms in total. The molecule has 128 valence electrons. The van der Waals surface area contributed by atoms with Gasteiger partial charge in [0.15, 0.2) is 17.2 Å². The highest BCUT2D eigenvalue weighted by Gasteiger charge is 2.12. The molecule has 0 aliphatic rings. The molecule has 2 aromatic rings. The van der Waals surface area contributed by atoms with Crippen molar-refractivity contribution in [1.29, 1.82) is 0 Å². The smallest absolute Gasteiger partial charge is 0.291 e. The number of hydrogen-bond donors (Lipinski definition) is 2. The van der Waals surface area contributed by atoms with E-state index in [1.807, 2.05) is 19.9 Å². The molecule has 1 amide bonds. The molecule has 0 bridgehead atoms. The Balaban J connectivity index is 2.11. The number of amides is 1. The predicted octanol–water partition coefficient (Wildman–Crippen LogP) is 2.70. The van der Waals surface area contributed by atoms with Crippen LogP contribution in [0.25, 0.3) is 0 Å². The third-order valence-electron chi connectivity index (χ3n) is 3.58. The second-order valence-electron chi connectivity index (χ2n) is 5.57. The van der Waals surface area contributed by atoms with Crippen LogP contribution in [0.3, 0.4) is 0 Å². The van der Waals surface area contributed by atoms with Gasteiger partial charge >= 0.3 is 0 Å². The average molecular weight is 330 g/mol. The van der Waals surface area contributed by atoms with Gasteiger partial charge in [0.2, 0.25) is 0 Å². The first-order valence-corrected chi connectivity index (χ1v) is 7.58. The first-order chi connectivity index (χ1) is 11.5. The Morgan fingerprint density at radius 3 is 2.50 bits per heavy atom. The molecule has 1 aromatic heterocycles. The number of hydrazone groups is 1. The zero-order chi connectivity index (χ0) is 17.7. The first kappa shape index (κ1) is 17.5. The molecule has 7 heteroatoms. The Labute approximate surface area is 141 Å². The molecule has 0 radical (unpaired) electrons. The summed E-state index contributed by atoms with van der Waals surface area (Å²) >= 11 is 0. The van der Waals surface area contributed by atoms with Crippen LogP contribution in [0.5, 0.6) is 11.5 Å². The van der Waals surface area contributed by atoms with Gasteiger partial charge in [0.05, 0.1) is 19.9 Å². The summed E-state index contributed by atoms with van der Waals surface area (Å²) in [4.78, 5) is 12.1.